The molecule has 3 aromatic rings. The molecule has 0 aliphatic rings. The predicted octanol–water partition coefficient (Wildman–Crippen LogP) is 4.05. The van der Waals surface area contributed by atoms with Gasteiger partial charge in [0.05, 0.1) is 28.9 Å². The van der Waals surface area contributed by atoms with Crippen LogP contribution in [0.15, 0.2) is 53.6 Å². The monoisotopic (exact) mass is 356 g/mol. The van der Waals surface area contributed by atoms with Gasteiger partial charge in [-0.1, -0.05) is 24.3 Å². The van der Waals surface area contributed by atoms with Crippen molar-refractivity contribution in [3.05, 3.63) is 59.8 Å². The van der Waals surface area contributed by atoms with Crippen molar-refractivity contribution in [3.8, 4) is 5.75 Å². The SMILES string of the molecule is CCOc1cc(S(=O)(=O)Nc2cnc3ccccc3c2)c(C)cc1C. The number of hydrogen-bond donors (Lipinski definition) is 1. The van der Waals surface area contributed by atoms with Crippen molar-refractivity contribution in [2.75, 3.05) is 11.3 Å². The highest BCUT2D eigenvalue weighted by molar-refractivity contribution is 7.92. The van der Waals surface area contributed by atoms with Gasteiger partial charge in [-0.15, -0.1) is 0 Å². The smallest absolute Gasteiger partial charge is 0.262 e. The van der Waals surface area contributed by atoms with E-state index in [4.69, 9.17) is 4.74 Å². The minimum Gasteiger partial charge on any atom is -0.494 e. The molecule has 0 fully saturated rings. The van der Waals surface area contributed by atoms with Gasteiger partial charge in [0.1, 0.15) is 5.75 Å². The van der Waals surface area contributed by atoms with Gasteiger partial charge in [-0.2, -0.15) is 0 Å². The Kier molecular flexibility index (Phi) is 4.63. The molecule has 0 aliphatic heterocycles. The fourth-order valence-corrected chi connectivity index (χ4v) is 4.03. The van der Waals surface area contributed by atoms with Gasteiger partial charge in [0.25, 0.3) is 10.0 Å². The van der Waals surface area contributed by atoms with E-state index in [9.17, 15) is 8.42 Å². The van der Waals surface area contributed by atoms with Crippen LogP contribution in [0.4, 0.5) is 5.69 Å². The third-order valence-electron chi connectivity index (χ3n) is 3.90. The Morgan fingerprint density at radius 2 is 1.84 bits per heavy atom. The van der Waals surface area contributed by atoms with E-state index in [0.29, 0.717) is 23.6 Å². The number of nitrogens with zero attached hydrogens (tertiary/aromatic N) is 1. The Hall–Kier alpha value is -2.60. The van der Waals surface area contributed by atoms with E-state index >= 15 is 0 Å². The van der Waals surface area contributed by atoms with Crippen molar-refractivity contribution < 1.29 is 13.2 Å². The van der Waals surface area contributed by atoms with Gasteiger partial charge in [0, 0.05) is 11.5 Å². The molecule has 0 saturated carbocycles. The Morgan fingerprint density at radius 3 is 2.60 bits per heavy atom. The molecule has 0 amide bonds. The lowest BCUT2D eigenvalue weighted by Gasteiger charge is -2.14. The summed E-state index contributed by atoms with van der Waals surface area (Å²) in [7, 11) is -3.74. The molecule has 0 bridgehead atoms. The summed E-state index contributed by atoms with van der Waals surface area (Å²) >= 11 is 0. The maximum Gasteiger partial charge on any atom is 0.262 e. The zero-order chi connectivity index (χ0) is 18.0. The van der Waals surface area contributed by atoms with Crippen LogP contribution >= 0.6 is 0 Å². The standard InChI is InChI=1S/C19H20N2O3S/c1-4-24-18-11-19(14(3)9-13(18)2)25(22,23)21-16-10-15-7-5-6-8-17(15)20-12-16/h5-12,21H,4H2,1-3H3. The first-order valence-electron chi connectivity index (χ1n) is 8.02. The minimum atomic E-state index is -3.74. The van der Waals surface area contributed by atoms with Gasteiger partial charge in [-0.3, -0.25) is 9.71 Å². The molecule has 5 nitrogen and oxygen atoms in total. The number of sulfonamides is 1. The number of aryl methyl sites for hydroxylation is 2. The second kappa shape index (κ2) is 6.72. The summed E-state index contributed by atoms with van der Waals surface area (Å²) in [6.45, 7) is 6.02. The molecule has 0 aliphatic carbocycles. The van der Waals surface area contributed by atoms with Gasteiger partial charge in [-0.25, -0.2) is 8.42 Å². The maximum absolute atomic E-state index is 12.8. The molecule has 0 radical (unpaired) electrons. The molecule has 0 saturated heterocycles. The summed E-state index contributed by atoms with van der Waals surface area (Å²) in [4.78, 5) is 4.49. The number of nitrogens with one attached hydrogen (secondary N) is 1. The van der Waals surface area contributed by atoms with Crippen molar-refractivity contribution in [1.29, 1.82) is 0 Å². The van der Waals surface area contributed by atoms with Gasteiger partial charge in [0.2, 0.25) is 0 Å². The molecular formula is C19H20N2O3S. The van der Waals surface area contributed by atoms with E-state index in [2.05, 4.69) is 9.71 Å². The molecule has 1 heterocycles. The topological polar surface area (TPSA) is 68.3 Å². The van der Waals surface area contributed by atoms with Crippen LogP contribution in [0, 0.1) is 13.8 Å². The molecule has 6 heteroatoms. The lowest BCUT2D eigenvalue weighted by molar-refractivity contribution is 0.337. The largest absolute Gasteiger partial charge is 0.494 e. The number of hydrogen-bond acceptors (Lipinski definition) is 4. The fraction of sp³-hybridized carbons (Fsp3) is 0.211. The molecule has 1 aromatic heterocycles. The highest BCUT2D eigenvalue weighted by Gasteiger charge is 2.19. The summed E-state index contributed by atoms with van der Waals surface area (Å²) < 4.78 is 33.8. The first-order valence-corrected chi connectivity index (χ1v) is 9.50. The number of fused-ring (bicyclic) bond motifs is 1. The van der Waals surface area contributed by atoms with Crippen molar-refractivity contribution in [2.45, 2.75) is 25.7 Å². The van der Waals surface area contributed by atoms with Crippen molar-refractivity contribution in [3.63, 3.8) is 0 Å². The van der Waals surface area contributed by atoms with Crippen molar-refractivity contribution in [2.24, 2.45) is 0 Å². The lowest BCUT2D eigenvalue weighted by Crippen LogP contribution is -2.15. The molecule has 0 spiro atoms. The van der Waals surface area contributed by atoms with Gasteiger partial charge in [-0.05, 0) is 44.0 Å². The summed E-state index contributed by atoms with van der Waals surface area (Å²) in [6, 6.07) is 12.7. The highest BCUT2D eigenvalue weighted by atomic mass is 32.2. The first kappa shape index (κ1) is 17.2. The summed E-state index contributed by atoms with van der Waals surface area (Å²) in [5, 5.41) is 0.873. The average Bonchev–Trinajstić information content (AvgIpc) is 2.56. The number of anilines is 1. The Labute approximate surface area is 147 Å². The Morgan fingerprint density at radius 1 is 1.08 bits per heavy atom. The second-order valence-corrected chi connectivity index (χ2v) is 7.49. The molecular weight excluding hydrogens is 336 g/mol. The summed E-state index contributed by atoms with van der Waals surface area (Å²) in [5.74, 6) is 0.574. The normalized spacial score (nSPS) is 11.5. The van der Waals surface area contributed by atoms with Gasteiger partial charge in [0.15, 0.2) is 0 Å². The lowest BCUT2D eigenvalue weighted by atomic mass is 10.1. The molecule has 1 N–H and O–H groups in total. The average molecular weight is 356 g/mol. The van der Waals surface area contributed by atoms with E-state index in [-0.39, 0.29) is 4.90 Å². The zero-order valence-electron chi connectivity index (χ0n) is 14.4. The first-order chi connectivity index (χ1) is 11.9. The van der Waals surface area contributed by atoms with Gasteiger partial charge >= 0.3 is 0 Å². The van der Waals surface area contributed by atoms with Crippen molar-refractivity contribution >= 4 is 26.6 Å². The highest BCUT2D eigenvalue weighted by Crippen LogP contribution is 2.28. The zero-order valence-corrected chi connectivity index (χ0v) is 15.2. The number of ether oxygens (including phenoxy) is 1. The fourth-order valence-electron chi connectivity index (χ4n) is 2.75. The molecule has 0 unspecified atom stereocenters. The second-order valence-electron chi connectivity index (χ2n) is 5.84. The van der Waals surface area contributed by atoms with Crippen LogP contribution < -0.4 is 9.46 Å². The van der Waals surface area contributed by atoms with E-state index in [1.54, 1.807) is 19.1 Å². The maximum atomic E-state index is 12.8. The molecule has 130 valence electrons. The van der Waals surface area contributed by atoms with E-state index in [1.807, 2.05) is 44.2 Å². The molecule has 3 rings (SSSR count). The Balaban J connectivity index is 1.99. The van der Waals surface area contributed by atoms with E-state index < -0.39 is 10.0 Å². The number of para-hydroxylation sites is 1. The third kappa shape index (κ3) is 3.58. The quantitative estimate of drug-likeness (QED) is 0.749. The van der Waals surface area contributed by atoms with Crippen LogP contribution in [0.5, 0.6) is 5.75 Å². The number of pyridine rings is 1. The molecule has 25 heavy (non-hydrogen) atoms. The predicted molar refractivity (Wildman–Crippen MR) is 99.6 cm³/mol. The molecule has 0 atom stereocenters. The summed E-state index contributed by atoms with van der Waals surface area (Å²) in [6.07, 6.45) is 1.52. The third-order valence-corrected chi connectivity index (χ3v) is 5.43. The van der Waals surface area contributed by atoms with Crippen LogP contribution in [0.1, 0.15) is 18.1 Å². The van der Waals surface area contributed by atoms with Crippen molar-refractivity contribution in [1.82, 2.24) is 4.98 Å². The molecule has 2 aromatic carbocycles. The van der Waals surface area contributed by atoms with Crippen LogP contribution in [-0.4, -0.2) is 20.0 Å². The number of rotatable bonds is 5. The van der Waals surface area contributed by atoms with Crippen LogP contribution in [0.2, 0.25) is 0 Å². The van der Waals surface area contributed by atoms with Crippen LogP contribution in [0.25, 0.3) is 10.9 Å². The summed E-state index contributed by atoms with van der Waals surface area (Å²) in [5.41, 5.74) is 2.82. The Bertz CT molecular complexity index is 1030. The van der Waals surface area contributed by atoms with Crippen LogP contribution in [-0.2, 0) is 10.0 Å². The van der Waals surface area contributed by atoms with Crippen LogP contribution in [0.3, 0.4) is 0 Å². The van der Waals surface area contributed by atoms with E-state index in [1.165, 1.54) is 6.20 Å². The van der Waals surface area contributed by atoms with Gasteiger partial charge < -0.3 is 4.74 Å². The van der Waals surface area contributed by atoms with E-state index in [0.717, 1.165) is 16.5 Å². The minimum absolute atomic E-state index is 0.203. The number of aromatic nitrogens is 1. The number of benzene rings is 2.